The van der Waals surface area contributed by atoms with E-state index in [9.17, 15) is 13.2 Å². The van der Waals surface area contributed by atoms with E-state index < -0.39 is 10.0 Å². The Labute approximate surface area is 208 Å². The third-order valence-corrected chi connectivity index (χ3v) is 8.30. The SMILES string of the molecule is Cc1ccc(N(CC(=O)NCc2ccc(CN3CCCC3)cc2)S(=O)(=O)c2ccccc2)cc1C. The molecule has 1 N–H and O–H groups in total. The van der Waals surface area contributed by atoms with Gasteiger partial charge in [0.05, 0.1) is 10.6 Å². The molecule has 3 aromatic rings. The first-order valence-corrected chi connectivity index (χ1v) is 13.5. The fourth-order valence-corrected chi connectivity index (χ4v) is 5.70. The first-order chi connectivity index (χ1) is 16.8. The summed E-state index contributed by atoms with van der Waals surface area (Å²) >= 11 is 0. The number of hydrogen-bond donors (Lipinski definition) is 1. The monoisotopic (exact) mass is 491 g/mol. The van der Waals surface area contributed by atoms with Gasteiger partial charge in [0.1, 0.15) is 6.54 Å². The minimum absolute atomic E-state index is 0.152. The molecule has 4 rings (SSSR count). The first kappa shape index (κ1) is 24.9. The maximum absolute atomic E-state index is 13.5. The molecular weight excluding hydrogens is 458 g/mol. The van der Waals surface area contributed by atoms with Gasteiger partial charge in [-0.25, -0.2) is 8.42 Å². The van der Waals surface area contributed by atoms with Crippen LogP contribution in [0.1, 0.15) is 35.1 Å². The van der Waals surface area contributed by atoms with E-state index in [4.69, 9.17) is 0 Å². The van der Waals surface area contributed by atoms with Gasteiger partial charge in [0.25, 0.3) is 10.0 Å². The summed E-state index contributed by atoms with van der Waals surface area (Å²) in [5, 5.41) is 2.89. The van der Waals surface area contributed by atoms with Crippen molar-refractivity contribution >= 4 is 21.6 Å². The average Bonchev–Trinajstić information content (AvgIpc) is 3.37. The molecule has 0 bridgehead atoms. The minimum atomic E-state index is -3.91. The lowest BCUT2D eigenvalue weighted by molar-refractivity contribution is -0.119. The quantitative estimate of drug-likeness (QED) is 0.481. The molecule has 3 aromatic carbocycles. The molecular formula is C28H33N3O3S. The number of nitrogens with zero attached hydrogens (tertiary/aromatic N) is 2. The fraction of sp³-hybridized carbons (Fsp3) is 0.321. The number of carbonyl (C=O) groups excluding carboxylic acids is 1. The zero-order valence-electron chi connectivity index (χ0n) is 20.4. The van der Waals surface area contributed by atoms with Crippen molar-refractivity contribution < 1.29 is 13.2 Å². The van der Waals surface area contributed by atoms with E-state index in [2.05, 4.69) is 22.3 Å². The lowest BCUT2D eigenvalue weighted by atomic mass is 10.1. The van der Waals surface area contributed by atoms with Gasteiger partial charge in [-0.15, -0.1) is 0 Å². The van der Waals surface area contributed by atoms with E-state index in [0.29, 0.717) is 12.2 Å². The molecule has 1 heterocycles. The van der Waals surface area contributed by atoms with Crippen molar-refractivity contribution in [3.05, 3.63) is 95.1 Å². The number of hydrogen-bond acceptors (Lipinski definition) is 4. The second-order valence-electron chi connectivity index (χ2n) is 9.17. The molecule has 0 unspecified atom stereocenters. The molecule has 0 aliphatic carbocycles. The molecule has 184 valence electrons. The number of aryl methyl sites for hydroxylation is 2. The summed E-state index contributed by atoms with van der Waals surface area (Å²) in [5.41, 5.74) is 4.73. The van der Waals surface area contributed by atoms with Crippen LogP contribution in [-0.2, 0) is 27.9 Å². The molecule has 1 amide bonds. The lowest BCUT2D eigenvalue weighted by Crippen LogP contribution is -2.40. The minimum Gasteiger partial charge on any atom is -0.350 e. The summed E-state index contributed by atoms with van der Waals surface area (Å²) < 4.78 is 28.1. The van der Waals surface area contributed by atoms with Crippen molar-refractivity contribution in [3.63, 3.8) is 0 Å². The molecule has 1 aliphatic rings. The molecule has 0 atom stereocenters. The summed E-state index contributed by atoms with van der Waals surface area (Å²) in [4.78, 5) is 15.5. The van der Waals surface area contributed by atoms with Crippen LogP contribution in [-0.4, -0.2) is 38.9 Å². The maximum atomic E-state index is 13.5. The van der Waals surface area contributed by atoms with Crippen LogP contribution in [0.25, 0.3) is 0 Å². The third-order valence-electron chi connectivity index (χ3n) is 6.51. The normalized spacial score (nSPS) is 14.1. The molecule has 1 saturated heterocycles. The van der Waals surface area contributed by atoms with Crippen molar-refractivity contribution in [3.8, 4) is 0 Å². The number of rotatable bonds is 9. The fourth-order valence-electron chi connectivity index (χ4n) is 4.26. The summed E-state index contributed by atoms with van der Waals surface area (Å²) in [5.74, 6) is -0.358. The maximum Gasteiger partial charge on any atom is 0.264 e. The van der Waals surface area contributed by atoms with E-state index in [0.717, 1.165) is 36.3 Å². The van der Waals surface area contributed by atoms with Gasteiger partial charge < -0.3 is 5.32 Å². The Morgan fingerprint density at radius 1 is 0.886 bits per heavy atom. The molecule has 1 fully saturated rings. The van der Waals surface area contributed by atoms with Crippen LogP contribution in [0.15, 0.2) is 77.7 Å². The second kappa shape index (κ2) is 11.1. The van der Waals surface area contributed by atoms with Crippen LogP contribution in [0.5, 0.6) is 0 Å². The van der Waals surface area contributed by atoms with E-state index in [1.54, 1.807) is 36.4 Å². The van der Waals surface area contributed by atoms with Gasteiger partial charge in [-0.2, -0.15) is 0 Å². The summed E-state index contributed by atoms with van der Waals surface area (Å²) in [6, 6.07) is 21.9. The molecule has 0 saturated carbocycles. The van der Waals surface area contributed by atoms with Gasteiger partial charge in [0.15, 0.2) is 0 Å². The number of likely N-dealkylation sites (tertiary alicyclic amines) is 1. The van der Waals surface area contributed by atoms with Crippen LogP contribution < -0.4 is 9.62 Å². The molecule has 0 spiro atoms. The number of benzene rings is 3. The van der Waals surface area contributed by atoms with E-state index >= 15 is 0 Å². The summed E-state index contributed by atoms with van der Waals surface area (Å²) in [6.45, 7) is 7.20. The molecule has 0 aromatic heterocycles. The number of amides is 1. The van der Waals surface area contributed by atoms with E-state index in [1.165, 1.54) is 22.7 Å². The van der Waals surface area contributed by atoms with Crippen molar-refractivity contribution in [2.45, 2.75) is 44.7 Å². The number of anilines is 1. The second-order valence-corrected chi connectivity index (χ2v) is 11.0. The van der Waals surface area contributed by atoms with Crippen molar-refractivity contribution in [1.82, 2.24) is 10.2 Å². The topological polar surface area (TPSA) is 69.7 Å². The predicted molar refractivity (Wildman–Crippen MR) is 140 cm³/mol. The van der Waals surface area contributed by atoms with Crippen LogP contribution in [0.4, 0.5) is 5.69 Å². The van der Waals surface area contributed by atoms with Gasteiger partial charge in [0.2, 0.25) is 5.91 Å². The Balaban J connectivity index is 1.45. The highest BCUT2D eigenvalue weighted by Crippen LogP contribution is 2.25. The van der Waals surface area contributed by atoms with Crippen molar-refractivity contribution in [2.24, 2.45) is 0 Å². The number of nitrogens with one attached hydrogen (secondary N) is 1. The zero-order chi connectivity index (χ0) is 24.8. The average molecular weight is 492 g/mol. The number of sulfonamides is 1. The van der Waals surface area contributed by atoms with E-state index in [1.807, 2.05) is 38.1 Å². The lowest BCUT2D eigenvalue weighted by Gasteiger charge is -2.25. The highest BCUT2D eigenvalue weighted by Gasteiger charge is 2.27. The van der Waals surface area contributed by atoms with Crippen LogP contribution >= 0.6 is 0 Å². The number of carbonyl (C=O) groups is 1. The van der Waals surface area contributed by atoms with Gasteiger partial charge in [-0.1, -0.05) is 48.5 Å². The van der Waals surface area contributed by atoms with Crippen LogP contribution in [0.3, 0.4) is 0 Å². The smallest absolute Gasteiger partial charge is 0.264 e. The molecule has 0 radical (unpaired) electrons. The Hall–Kier alpha value is -3.16. The summed E-state index contributed by atoms with van der Waals surface area (Å²) in [6.07, 6.45) is 2.53. The molecule has 7 heteroatoms. The Bertz CT molecular complexity index is 1250. The largest absolute Gasteiger partial charge is 0.350 e. The van der Waals surface area contributed by atoms with E-state index in [-0.39, 0.29) is 17.3 Å². The van der Waals surface area contributed by atoms with Gasteiger partial charge in [0, 0.05) is 13.1 Å². The molecule has 1 aliphatic heterocycles. The standard InChI is InChI=1S/C28H33N3O3S/c1-22-10-15-26(18-23(22)2)31(35(33,34)27-8-4-3-5-9-27)21-28(32)29-19-24-11-13-25(14-12-24)20-30-16-6-7-17-30/h3-5,8-15,18H,6-7,16-17,19-21H2,1-2H3,(H,29,32). The van der Waals surface area contributed by atoms with Crippen LogP contribution in [0, 0.1) is 13.8 Å². The van der Waals surface area contributed by atoms with Crippen molar-refractivity contribution in [2.75, 3.05) is 23.9 Å². The van der Waals surface area contributed by atoms with Crippen molar-refractivity contribution in [1.29, 1.82) is 0 Å². The van der Waals surface area contributed by atoms with Gasteiger partial charge in [-0.05, 0) is 86.3 Å². The van der Waals surface area contributed by atoms with Gasteiger partial charge >= 0.3 is 0 Å². The van der Waals surface area contributed by atoms with Gasteiger partial charge in [-0.3, -0.25) is 14.0 Å². The highest BCUT2D eigenvalue weighted by atomic mass is 32.2. The Morgan fingerprint density at radius 3 is 2.20 bits per heavy atom. The predicted octanol–water partition coefficient (Wildman–Crippen LogP) is 4.41. The highest BCUT2D eigenvalue weighted by molar-refractivity contribution is 7.92. The Kier molecular flexibility index (Phi) is 7.88. The van der Waals surface area contributed by atoms with Crippen LogP contribution in [0.2, 0.25) is 0 Å². The first-order valence-electron chi connectivity index (χ1n) is 12.0. The molecule has 35 heavy (non-hydrogen) atoms. The Morgan fingerprint density at radius 2 is 1.54 bits per heavy atom. The summed E-state index contributed by atoms with van der Waals surface area (Å²) in [7, 11) is -3.91. The third kappa shape index (κ3) is 6.29. The zero-order valence-corrected chi connectivity index (χ0v) is 21.2. The molecule has 6 nitrogen and oxygen atoms in total.